The molecule has 20 heavy (non-hydrogen) atoms. The number of carbonyl (C=O) groups excluding carboxylic acids is 1. The van der Waals surface area contributed by atoms with Crippen molar-refractivity contribution in [2.24, 2.45) is 7.05 Å². The molecule has 0 fully saturated rings. The Labute approximate surface area is 118 Å². The van der Waals surface area contributed by atoms with E-state index in [9.17, 15) is 4.79 Å². The molecule has 0 radical (unpaired) electrons. The van der Waals surface area contributed by atoms with Gasteiger partial charge in [0.05, 0.1) is 6.33 Å². The Kier molecular flexibility index (Phi) is 5.25. The number of nitrogens with one attached hydrogen (secondary N) is 2. The van der Waals surface area contributed by atoms with Gasteiger partial charge >= 0.3 is 0 Å². The SMILES string of the molecule is Cn1cnc(C(=O)NCCCNCc2cccnc2)c1. The number of nitrogens with zero attached hydrogens (tertiary/aromatic N) is 3. The van der Waals surface area contributed by atoms with Crippen LogP contribution in [0.1, 0.15) is 22.5 Å². The number of amides is 1. The lowest BCUT2D eigenvalue weighted by Crippen LogP contribution is -2.27. The predicted octanol–water partition coefficient (Wildman–Crippen LogP) is 0.725. The van der Waals surface area contributed by atoms with Crippen LogP contribution in [0.4, 0.5) is 0 Å². The Bertz CT molecular complexity index is 538. The quantitative estimate of drug-likeness (QED) is 0.729. The molecule has 0 aliphatic rings. The fraction of sp³-hybridized carbons (Fsp3) is 0.357. The second-order valence-corrected chi connectivity index (χ2v) is 4.57. The molecule has 0 unspecified atom stereocenters. The van der Waals surface area contributed by atoms with Gasteiger partial charge in [0.1, 0.15) is 5.69 Å². The third-order valence-electron chi connectivity index (χ3n) is 2.81. The molecular weight excluding hydrogens is 254 g/mol. The van der Waals surface area contributed by atoms with E-state index in [2.05, 4.69) is 20.6 Å². The van der Waals surface area contributed by atoms with Crippen LogP contribution in [-0.4, -0.2) is 33.5 Å². The minimum Gasteiger partial charge on any atom is -0.351 e. The van der Waals surface area contributed by atoms with Gasteiger partial charge in [-0.1, -0.05) is 6.07 Å². The molecule has 0 spiro atoms. The van der Waals surface area contributed by atoms with E-state index in [4.69, 9.17) is 0 Å². The van der Waals surface area contributed by atoms with Gasteiger partial charge in [0.15, 0.2) is 0 Å². The number of pyridine rings is 1. The number of carbonyl (C=O) groups is 1. The summed E-state index contributed by atoms with van der Waals surface area (Å²) in [5, 5.41) is 6.15. The highest BCUT2D eigenvalue weighted by molar-refractivity contribution is 5.91. The summed E-state index contributed by atoms with van der Waals surface area (Å²) in [7, 11) is 1.84. The van der Waals surface area contributed by atoms with Crippen molar-refractivity contribution in [1.29, 1.82) is 0 Å². The summed E-state index contributed by atoms with van der Waals surface area (Å²) in [4.78, 5) is 19.7. The number of imidazole rings is 1. The average molecular weight is 273 g/mol. The maximum absolute atomic E-state index is 11.7. The lowest BCUT2D eigenvalue weighted by molar-refractivity contribution is 0.0948. The van der Waals surface area contributed by atoms with E-state index in [1.54, 1.807) is 23.3 Å². The van der Waals surface area contributed by atoms with Gasteiger partial charge in [-0.05, 0) is 24.6 Å². The van der Waals surface area contributed by atoms with Crippen LogP contribution in [0.5, 0.6) is 0 Å². The van der Waals surface area contributed by atoms with Crippen molar-refractivity contribution in [2.75, 3.05) is 13.1 Å². The summed E-state index contributed by atoms with van der Waals surface area (Å²) < 4.78 is 1.75. The van der Waals surface area contributed by atoms with Crippen molar-refractivity contribution < 1.29 is 4.79 Å². The van der Waals surface area contributed by atoms with Gasteiger partial charge in [0, 0.05) is 38.7 Å². The van der Waals surface area contributed by atoms with Gasteiger partial charge in [-0.2, -0.15) is 0 Å². The molecule has 2 aromatic rings. The second-order valence-electron chi connectivity index (χ2n) is 4.57. The number of hydrogen-bond donors (Lipinski definition) is 2. The normalized spacial score (nSPS) is 10.4. The zero-order valence-corrected chi connectivity index (χ0v) is 11.5. The molecule has 2 heterocycles. The van der Waals surface area contributed by atoms with Gasteiger partial charge in [0.25, 0.3) is 5.91 Å². The smallest absolute Gasteiger partial charge is 0.271 e. The van der Waals surface area contributed by atoms with Crippen LogP contribution >= 0.6 is 0 Å². The highest BCUT2D eigenvalue weighted by atomic mass is 16.1. The van der Waals surface area contributed by atoms with Gasteiger partial charge in [0.2, 0.25) is 0 Å². The number of hydrogen-bond acceptors (Lipinski definition) is 4. The van der Waals surface area contributed by atoms with Crippen molar-refractivity contribution in [2.45, 2.75) is 13.0 Å². The average Bonchev–Trinajstić information content (AvgIpc) is 2.90. The molecule has 106 valence electrons. The fourth-order valence-electron chi connectivity index (χ4n) is 1.77. The van der Waals surface area contributed by atoms with Crippen LogP contribution in [0, 0.1) is 0 Å². The first kappa shape index (κ1) is 14.2. The molecule has 6 nitrogen and oxygen atoms in total. The molecule has 0 saturated carbocycles. The summed E-state index contributed by atoms with van der Waals surface area (Å²) in [6, 6.07) is 3.95. The van der Waals surface area contributed by atoms with Crippen molar-refractivity contribution in [3.8, 4) is 0 Å². The van der Waals surface area contributed by atoms with Crippen molar-refractivity contribution in [3.63, 3.8) is 0 Å². The Morgan fingerprint density at radius 3 is 3.00 bits per heavy atom. The number of rotatable bonds is 7. The summed E-state index contributed by atoms with van der Waals surface area (Å²) in [5.74, 6) is -0.127. The zero-order chi connectivity index (χ0) is 14.2. The minimum absolute atomic E-state index is 0.127. The largest absolute Gasteiger partial charge is 0.351 e. The van der Waals surface area contributed by atoms with Crippen LogP contribution in [0.3, 0.4) is 0 Å². The van der Waals surface area contributed by atoms with E-state index < -0.39 is 0 Å². The molecular formula is C14H19N5O. The first-order valence-corrected chi connectivity index (χ1v) is 6.61. The summed E-state index contributed by atoms with van der Waals surface area (Å²) in [6.45, 7) is 2.27. The van der Waals surface area contributed by atoms with E-state index >= 15 is 0 Å². The molecule has 1 amide bonds. The predicted molar refractivity (Wildman–Crippen MR) is 76.1 cm³/mol. The summed E-state index contributed by atoms with van der Waals surface area (Å²) >= 11 is 0. The zero-order valence-electron chi connectivity index (χ0n) is 11.5. The van der Waals surface area contributed by atoms with Crippen molar-refractivity contribution in [3.05, 3.63) is 48.3 Å². The van der Waals surface area contributed by atoms with Gasteiger partial charge in [-0.15, -0.1) is 0 Å². The van der Waals surface area contributed by atoms with Crippen LogP contribution in [0.2, 0.25) is 0 Å². The van der Waals surface area contributed by atoms with E-state index in [1.807, 2.05) is 25.4 Å². The molecule has 2 aromatic heterocycles. The fourth-order valence-corrected chi connectivity index (χ4v) is 1.77. The number of aromatic nitrogens is 3. The lowest BCUT2D eigenvalue weighted by Gasteiger charge is -2.05. The van der Waals surface area contributed by atoms with Crippen LogP contribution in [0.25, 0.3) is 0 Å². The maximum atomic E-state index is 11.7. The van der Waals surface area contributed by atoms with E-state index in [1.165, 1.54) is 0 Å². The standard InChI is InChI=1S/C14H19N5O/c1-19-10-13(18-11-19)14(20)17-7-3-6-16-9-12-4-2-5-15-8-12/h2,4-5,8,10-11,16H,3,6-7,9H2,1H3,(H,17,20). The maximum Gasteiger partial charge on any atom is 0.271 e. The highest BCUT2D eigenvalue weighted by Crippen LogP contribution is 1.95. The first-order valence-electron chi connectivity index (χ1n) is 6.61. The third-order valence-corrected chi connectivity index (χ3v) is 2.81. The van der Waals surface area contributed by atoms with E-state index in [-0.39, 0.29) is 5.91 Å². The molecule has 0 saturated heterocycles. The molecule has 0 aliphatic carbocycles. The highest BCUT2D eigenvalue weighted by Gasteiger charge is 2.06. The lowest BCUT2D eigenvalue weighted by atomic mass is 10.3. The molecule has 0 bridgehead atoms. The molecule has 6 heteroatoms. The molecule has 0 aliphatic heterocycles. The number of aryl methyl sites for hydroxylation is 1. The van der Waals surface area contributed by atoms with Crippen LogP contribution < -0.4 is 10.6 Å². The second kappa shape index (κ2) is 7.40. The minimum atomic E-state index is -0.127. The first-order chi connectivity index (χ1) is 9.75. The summed E-state index contributed by atoms with van der Waals surface area (Å²) in [5.41, 5.74) is 1.61. The summed E-state index contributed by atoms with van der Waals surface area (Å²) in [6.07, 6.45) is 7.80. The third kappa shape index (κ3) is 4.47. The monoisotopic (exact) mass is 273 g/mol. The molecule has 0 atom stereocenters. The van der Waals surface area contributed by atoms with Crippen molar-refractivity contribution in [1.82, 2.24) is 25.2 Å². The van der Waals surface area contributed by atoms with Gasteiger partial charge < -0.3 is 15.2 Å². The Morgan fingerprint density at radius 2 is 2.30 bits per heavy atom. The Morgan fingerprint density at radius 1 is 1.40 bits per heavy atom. The van der Waals surface area contributed by atoms with Crippen LogP contribution in [-0.2, 0) is 13.6 Å². The van der Waals surface area contributed by atoms with E-state index in [0.29, 0.717) is 12.2 Å². The molecule has 2 N–H and O–H groups in total. The van der Waals surface area contributed by atoms with Gasteiger partial charge in [-0.25, -0.2) is 4.98 Å². The topological polar surface area (TPSA) is 71.8 Å². The van der Waals surface area contributed by atoms with Crippen molar-refractivity contribution >= 4 is 5.91 Å². The molecule has 0 aromatic carbocycles. The van der Waals surface area contributed by atoms with Crippen LogP contribution in [0.15, 0.2) is 37.1 Å². The van der Waals surface area contributed by atoms with Gasteiger partial charge in [-0.3, -0.25) is 9.78 Å². The van der Waals surface area contributed by atoms with E-state index in [0.717, 1.165) is 25.1 Å². The molecule has 2 rings (SSSR count). The Hall–Kier alpha value is -2.21. The Balaban J connectivity index is 1.57.